The summed E-state index contributed by atoms with van der Waals surface area (Å²) in [6.07, 6.45) is 6.91. The Balaban J connectivity index is 1.49. The summed E-state index contributed by atoms with van der Waals surface area (Å²) in [5.74, 6) is -2.24. The van der Waals surface area contributed by atoms with Crippen molar-refractivity contribution in [3.05, 3.63) is 125 Å². The van der Waals surface area contributed by atoms with Crippen molar-refractivity contribution in [2.45, 2.75) is 96.6 Å². The lowest BCUT2D eigenvalue weighted by atomic mass is 9.78. The van der Waals surface area contributed by atoms with E-state index in [-0.39, 0.29) is 73.2 Å². The van der Waals surface area contributed by atoms with Gasteiger partial charge in [0.05, 0.1) is 26.7 Å². The maximum Gasteiger partial charge on any atom is 0.303 e. The summed E-state index contributed by atoms with van der Waals surface area (Å²) in [5.41, 5.74) is 1.54. The van der Waals surface area contributed by atoms with Crippen molar-refractivity contribution in [1.29, 1.82) is 0 Å². The normalized spacial score (nSPS) is 16.7. The Bertz CT molecular complexity index is 4180. The van der Waals surface area contributed by atoms with Crippen molar-refractivity contribution < 1.29 is 92.3 Å². The highest BCUT2D eigenvalue weighted by Gasteiger charge is 2.47. The molecular weight excluding hydrogens is 1140 g/mol. The van der Waals surface area contributed by atoms with Crippen LogP contribution in [0.4, 0.5) is 11.4 Å². The van der Waals surface area contributed by atoms with Crippen molar-refractivity contribution >= 4 is 111 Å². The van der Waals surface area contributed by atoms with Crippen LogP contribution in [0.1, 0.15) is 82.1 Å². The first-order valence-corrected chi connectivity index (χ1v) is 32.7. The number of rotatable bonds is 21. The van der Waals surface area contributed by atoms with Gasteiger partial charge in [0.1, 0.15) is 16.3 Å². The molecule has 7 rings (SSSR count). The number of aliphatic carboxylic acids is 1. The number of carboxylic acid groups (broad SMARTS) is 1. The van der Waals surface area contributed by atoms with Crippen molar-refractivity contribution in [1.82, 2.24) is 0 Å². The summed E-state index contributed by atoms with van der Waals surface area (Å²) in [6, 6.07) is 16.0. The Morgan fingerprint density at radius 2 is 1.14 bits per heavy atom. The molecule has 2 aliphatic heterocycles. The number of carboxylic acids is 1. The zero-order valence-electron chi connectivity index (χ0n) is 42.1. The van der Waals surface area contributed by atoms with E-state index in [9.17, 15) is 87.7 Å². The second kappa shape index (κ2) is 21.4. The smallest absolute Gasteiger partial charge is 0.303 e. The van der Waals surface area contributed by atoms with Crippen molar-refractivity contribution in [2.24, 2.45) is 0 Å². The van der Waals surface area contributed by atoms with E-state index in [0.29, 0.717) is 62.7 Å². The van der Waals surface area contributed by atoms with Gasteiger partial charge in [-0.2, -0.15) is 55.1 Å². The van der Waals surface area contributed by atoms with Crippen LogP contribution in [0.5, 0.6) is 0 Å². The number of benzene rings is 5. The average molecular weight is 1200 g/mol. The van der Waals surface area contributed by atoms with Gasteiger partial charge in [0.25, 0.3) is 60.7 Å². The maximum atomic E-state index is 12.8. The SMILES string of the molecule is CC1(C)C(=CC=C(C=CC2=[N+](CCCCS(=O)(=O)O)c3ccc4c(S(=O)(=O)O)cc(S(=O)(=O)O)cc4c3C2(C)C)c2cccc(CCC(=O)O)c2)N(CCCCS(=O)(=O)O)c2ccc3c(S(=O)(=O)O)cc(S(=O)(=O)O)cc3c21. The summed E-state index contributed by atoms with van der Waals surface area (Å²) in [7, 11) is -29.2. The fraction of sp³-hybridized carbons (Fsp3) is 0.320. The maximum absolute atomic E-state index is 12.8. The highest BCUT2D eigenvalue weighted by Crippen LogP contribution is 2.52. The molecule has 0 aliphatic carbocycles. The minimum absolute atomic E-state index is 0.0119. The molecule has 5 aromatic rings. The largest absolute Gasteiger partial charge is 0.481 e. The van der Waals surface area contributed by atoms with Gasteiger partial charge in [0, 0.05) is 64.7 Å². The molecule has 7 N–H and O–H groups in total. The van der Waals surface area contributed by atoms with Gasteiger partial charge in [-0.15, -0.1) is 0 Å². The predicted octanol–water partition coefficient (Wildman–Crippen LogP) is 7.03. The molecule has 2 heterocycles. The topological polar surface area (TPSA) is 370 Å². The molecular formula is C50H55N2O20S6+. The Hall–Kier alpha value is -5.76. The zero-order valence-corrected chi connectivity index (χ0v) is 47.0. The molecule has 5 aromatic carbocycles. The van der Waals surface area contributed by atoms with E-state index in [1.54, 1.807) is 85.7 Å². The predicted molar refractivity (Wildman–Crippen MR) is 289 cm³/mol. The third kappa shape index (κ3) is 13.0. The van der Waals surface area contributed by atoms with Gasteiger partial charge in [-0.3, -0.25) is 32.1 Å². The second-order valence-electron chi connectivity index (χ2n) is 19.9. The van der Waals surface area contributed by atoms with Crippen molar-refractivity contribution in [3.8, 4) is 0 Å². The Labute approximate surface area is 451 Å². The van der Waals surface area contributed by atoms with E-state index in [1.165, 1.54) is 24.3 Å². The lowest BCUT2D eigenvalue weighted by Crippen LogP contribution is -2.28. The standard InChI is InChI=1S/C50H54N2O20S6/c1-49(2)44(51(22-5-7-24-73(55,56)57)40-17-15-36-38(47(40)49)27-34(75(61,62)63)29-42(36)77(67,68)69)19-13-32(33-11-9-10-31(26-33)12-21-46(53)54)14-20-45-50(3,4)48-39-28-35(76(64,65)66)30-43(78(70,71)72)37(39)16-18-41(48)52(45)23-6-8-25-74(58,59)60/h9-11,13-20,26-30H,5-8,12,21-25H2,1-4H3,(H6-,53,54,55,56,57,58,59,60,61,62,63,64,65,66,67,68,69,70,71,72)/p+1. The van der Waals surface area contributed by atoms with Crippen LogP contribution in [-0.2, 0) is 82.8 Å². The first-order chi connectivity index (χ1) is 35.8. The summed E-state index contributed by atoms with van der Waals surface area (Å²) in [6.45, 7) is 7.07. The highest BCUT2D eigenvalue weighted by atomic mass is 32.2. The van der Waals surface area contributed by atoms with Gasteiger partial charge in [0.15, 0.2) is 5.71 Å². The van der Waals surface area contributed by atoms with Crippen LogP contribution in [0, 0.1) is 0 Å². The Kier molecular flexibility index (Phi) is 16.4. The molecule has 2 aliphatic rings. The lowest BCUT2D eigenvalue weighted by Gasteiger charge is -2.27. The molecule has 0 unspecified atom stereocenters. The minimum atomic E-state index is -5.12. The third-order valence-corrected chi connectivity index (χ3v) is 18.8. The Morgan fingerprint density at radius 1 is 0.603 bits per heavy atom. The summed E-state index contributed by atoms with van der Waals surface area (Å²) < 4.78 is 210. The number of hydrogen-bond acceptors (Lipinski definition) is 14. The fourth-order valence-electron chi connectivity index (χ4n) is 10.3. The minimum Gasteiger partial charge on any atom is -0.481 e. The van der Waals surface area contributed by atoms with Crippen molar-refractivity contribution in [2.75, 3.05) is 29.5 Å². The molecule has 28 heteroatoms. The molecule has 0 aromatic heterocycles. The first-order valence-electron chi connectivity index (χ1n) is 23.7. The van der Waals surface area contributed by atoms with E-state index < -0.39 is 109 Å². The van der Waals surface area contributed by atoms with Gasteiger partial charge >= 0.3 is 5.97 Å². The van der Waals surface area contributed by atoms with Crippen LogP contribution in [0.3, 0.4) is 0 Å². The van der Waals surface area contributed by atoms with E-state index in [1.807, 2.05) is 0 Å². The van der Waals surface area contributed by atoms with Gasteiger partial charge in [-0.1, -0.05) is 50.3 Å². The molecule has 420 valence electrons. The molecule has 0 atom stereocenters. The molecule has 0 bridgehead atoms. The molecule has 0 fully saturated rings. The Morgan fingerprint density at radius 3 is 1.67 bits per heavy atom. The third-order valence-electron chi connectivity index (χ3n) is 13.7. The van der Waals surface area contributed by atoms with Crippen LogP contribution < -0.4 is 4.90 Å². The number of fused-ring (bicyclic) bond motifs is 6. The van der Waals surface area contributed by atoms with Crippen LogP contribution in [0.2, 0.25) is 0 Å². The van der Waals surface area contributed by atoms with Crippen LogP contribution in [0.25, 0.3) is 27.1 Å². The zero-order chi connectivity index (χ0) is 57.9. The molecule has 22 nitrogen and oxygen atoms in total. The lowest BCUT2D eigenvalue weighted by molar-refractivity contribution is -0.438. The molecule has 0 spiro atoms. The molecule has 0 saturated carbocycles. The molecule has 0 radical (unpaired) electrons. The second-order valence-corrected chi connectivity index (χ2v) is 28.6. The fourth-order valence-corrected chi connectivity index (χ4v) is 14.2. The van der Waals surface area contributed by atoms with Gasteiger partial charge in [0.2, 0.25) is 5.69 Å². The summed E-state index contributed by atoms with van der Waals surface area (Å²) >= 11 is 0. The molecule has 78 heavy (non-hydrogen) atoms. The average Bonchev–Trinajstić information content (AvgIpc) is 3.84. The number of allylic oxidation sites excluding steroid dienone is 6. The van der Waals surface area contributed by atoms with Crippen LogP contribution >= 0.6 is 0 Å². The number of anilines is 1. The van der Waals surface area contributed by atoms with Gasteiger partial charge < -0.3 is 10.0 Å². The number of nitrogens with zero attached hydrogens (tertiary/aromatic N) is 2. The van der Waals surface area contributed by atoms with E-state index in [2.05, 4.69) is 0 Å². The van der Waals surface area contributed by atoms with Crippen LogP contribution in [-0.4, -0.2) is 124 Å². The summed E-state index contributed by atoms with van der Waals surface area (Å²) in [5, 5.41) is 9.38. The molecule has 0 saturated heterocycles. The molecule has 0 amide bonds. The van der Waals surface area contributed by atoms with E-state index >= 15 is 0 Å². The highest BCUT2D eigenvalue weighted by molar-refractivity contribution is 7.87. The van der Waals surface area contributed by atoms with Gasteiger partial charge in [-0.25, -0.2) is 0 Å². The van der Waals surface area contributed by atoms with Crippen LogP contribution in [0.15, 0.2) is 122 Å². The number of hydrogen-bond donors (Lipinski definition) is 7. The first kappa shape index (κ1) is 59.9. The van der Waals surface area contributed by atoms with Crippen molar-refractivity contribution in [3.63, 3.8) is 0 Å². The quantitative estimate of drug-likeness (QED) is 0.0168. The number of aryl methyl sites for hydroxylation is 1. The number of unbranched alkanes of at least 4 members (excludes halogenated alkanes) is 2. The van der Waals surface area contributed by atoms with E-state index in [0.717, 1.165) is 12.1 Å². The monoisotopic (exact) mass is 1200 g/mol. The summed E-state index contributed by atoms with van der Waals surface area (Å²) in [4.78, 5) is 10.2. The number of carbonyl (C=O) groups is 1. The van der Waals surface area contributed by atoms with E-state index in [4.69, 9.17) is 0 Å². The van der Waals surface area contributed by atoms with Gasteiger partial charge in [-0.05, 0) is 121 Å².